The van der Waals surface area contributed by atoms with Crippen LogP contribution in [-0.4, -0.2) is 25.2 Å². The molecule has 1 aliphatic rings. The molecule has 0 aromatic rings. The van der Waals surface area contributed by atoms with Gasteiger partial charge in [-0.2, -0.15) is 5.26 Å². The fraction of sp³-hybridized carbons (Fsp3) is 0.727. The van der Waals surface area contributed by atoms with E-state index >= 15 is 0 Å². The molecule has 94 valence electrons. The SMILES string of the molecule is N#CC1(C(=O)NCCOC(N)=O)CCCCC1. The quantitative estimate of drug-likeness (QED) is 0.703. The van der Waals surface area contributed by atoms with Crippen LogP contribution in [0.25, 0.3) is 0 Å². The van der Waals surface area contributed by atoms with Gasteiger partial charge in [-0.15, -0.1) is 0 Å². The molecule has 1 fully saturated rings. The van der Waals surface area contributed by atoms with Gasteiger partial charge in [0.15, 0.2) is 0 Å². The number of nitriles is 1. The summed E-state index contributed by atoms with van der Waals surface area (Å²) in [5, 5.41) is 11.7. The monoisotopic (exact) mass is 239 g/mol. The first-order valence-electron chi connectivity index (χ1n) is 5.72. The van der Waals surface area contributed by atoms with Gasteiger partial charge in [0.1, 0.15) is 12.0 Å². The molecule has 0 bridgehead atoms. The highest BCUT2D eigenvalue weighted by molar-refractivity contribution is 5.85. The van der Waals surface area contributed by atoms with E-state index in [1.165, 1.54) is 0 Å². The molecule has 0 unspecified atom stereocenters. The number of carbonyl (C=O) groups is 2. The maximum absolute atomic E-state index is 11.9. The predicted octanol–water partition coefficient (Wildman–Crippen LogP) is 0.672. The number of hydrogen-bond donors (Lipinski definition) is 2. The highest BCUT2D eigenvalue weighted by atomic mass is 16.5. The highest BCUT2D eigenvalue weighted by Crippen LogP contribution is 2.35. The maximum Gasteiger partial charge on any atom is 0.404 e. The summed E-state index contributed by atoms with van der Waals surface area (Å²) in [6.07, 6.45) is 3.21. The minimum absolute atomic E-state index is 0.0303. The van der Waals surface area contributed by atoms with Gasteiger partial charge in [-0.3, -0.25) is 4.79 Å². The van der Waals surface area contributed by atoms with Gasteiger partial charge in [0.05, 0.1) is 12.6 Å². The number of nitrogens with two attached hydrogens (primary N) is 1. The number of nitrogens with zero attached hydrogens (tertiary/aromatic N) is 1. The second kappa shape index (κ2) is 6.09. The van der Waals surface area contributed by atoms with Crippen molar-refractivity contribution >= 4 is 12.0 Å². The first kappa shape index (κ1) is 13.3. The Bertz CT molecular complexity index is 329. The van der Waals surface area contributed by atoms with Gasteiger partial charge >= 0.3 is 6.09 Å². The second-order valence-electron chi connectivity index (χ2n) is 4.18. The maximum atomic E-state index is 11.9. The standard InChI is InChI=1S/C11H17N3O3/c12-8-11(4-2-1-3-5-11)9(15)14-6-7-17-10(13)16/h1-7H2,(H2,13,16)(H,14,15). The summed E-state index contributed by atoms with van der Waals surface area (Å²) < 4.78 is 4.49. The van der Waals surface area contributed by atoms with Gasteiger partial charge < -0.3 is 15.8 Å². The fourth-order valence-electron chi connectivity index (χ4n) is 2.03. The van der Waals surface area contributed by atoms with E-state index in [0.29, 0.717) is 12.8 Å². The molecule has 6 heteroatoms. The zero-order valence-corrected chi connectivity index (χ0v) is 9.70. The average Bonchev–Trinajstić information content (AvgIpc) is 2.35. The molecule has 0 aromatic carbocycles. The topological polar surface area (TPSA) is 105 Å². The first-order valence-corrected chi connectivity index (χ1v) is 5.72. The third-order valence-electron chi connectivity index (χ3n) is 2.99. The van der Waals surface area contributed by atoms with Crippen LogP contribution in [-0.2, 0) is 9.53 Å². The highest BCUT2D eigenvalue weighted by Gasteiger charge is 2.39. The molecular weight excluding hydrogens is 222 g/mol. The van der Waals surface area contributed by atoms with Crippen molar-refractivity contribution in [1.82, 2.24) is 5.32 Å². The molecule has 0 spiro atoms. The number of amides is 2. The average molecular weight is 239 g/mol. The van der Waals surface area contributed by atoms with Gasteiger partial charge in [-0.1, -0.05) is 19.3 Å². The molecular formula is C11H17N3O3. The summed E-state index contributed by atoms with van der Waals surface area (Å²) in [6, 6.07) is 2.12. The lowest BCUT2D eigenvalue weighted by molar-refractivity contribution is -0.129. The Morgan fingerprint density at radius 2 is 2.00 bits per heavy atom. The van der Waals surface area contributed by atoms with E-state index in [4.69, 9.17) is 11.0 Å². The number of primary amides is 1. The van der Waals surface area contributed by atoms with Crippen molar-refractivity contribution in [3.63, 3.8) is 0 Å². The summed E-state index contributed by atoms with van der Waals surface area (Å²) in [7, 11) is 0. The molecule has 0 heterocycles. The van der Waals surface area contributed by atoms with Crippen LogP contribution in [0.15, 0.2) is 0 Å². The lowest BCUT2D eigenvalue weighted by Crippen LogP contribution is -2.42. The van der Waals surface area contributed by atoms with Crippen LogP contribution >= 0.6 is 0 Å². The number of rotatable bonds is 4. The number of ether oxygens (including phenoxy) is 1. The van der Waals surface area contributed by atoms with Crippen molar-refractivity contribution < 1.29 is 14.3 Å². The van der Waals surface area contributed by atoms with Crippen molar-refractivity contribution in [2.24, 2.45) is 11.1 Å². The summed E-state index contributed by atoms with van der Waals surface area (Å²) in [5.41, 5.74) is 3.88. The van der Waals surface area contributed by atoms with Crippen LogP contribution < -0.4 is 11.1 Å². The summed E-state index contributed by atoms with van der Waals surface area (Å²) in [5.74, 6) is -0.271. The Kier molecular flexibility index (Phi) is 4.76. The molecule has 0 atom stereocenters. The van der Waals surface area contributed by atoms with Gasteiger partial charge in [-0.25, -0.2) is 4.79 Å². The molecule has 1 rings (SSSR count). The molecule has 0 radical (unpaired) electrons. The summed E-state index contributed by atoms with van der Waals surface area (Å²) in [4.78, 5) is 22.2. The smallest absolute Gasteiger partial charge is 0.404 e. The molecule has 1 aliphatic carbocycles. The van der Waals surface area contributed by atoms with Crippen molar-refractivity contribution in [2.75, 3.05) is 13.2 Å². The third-order valence-corrected chi connectivity index (χ3v) is 2.99. The van der Waals surface area contributed by atoms with Gasteiger partial charge in [-0.05, 0) is 12.8 Å². The molecule has 0 saturated heterocycles. The van der Waals surface area contributed by atoms with Crippen molar-refractivity contribution in [3.8, 4) is 6.07 Å². The molecule has 6 nitrogen and oxygen atoms in total. The molecule has 2 amide bonds. The van der Waals surface area contributed by atoms with Crippen molar-refractivity contribution in [2.45, 2.75) is 32.1 Å². The normalized spacial score (nSPS) is 17.8. The van der Waals surface area contributed by atoms with E-state index in [-0.39, 0.29) is 19.1 Å². The van der Waals surface area contributed by atoms with Crippen LogP contribution in [0.5, 0.6) is 0 Å². The van der Waals surface area contributed by atoms with Gasteiger partial charge in [0.2, 0.25) is 5.91 Å². The number of hydrogen-bond acceptors (Lipinski definition) is 4. The number of carbonyl (C=O) groups excluding carboxylic acids is 2. The van der Waals surface area contributed by atoms with Crippen LogP contribution in [0.1, 0.15) is 32.1 Å². The molecule has 17 heavy (non-hydrogen) atoms. The molecule has 0 aromatic heterocycles. The predicted molar refractivity (Wildman–Crippen MR) is 59.7 cm³/mol. The van der Waals surface area contributed by atoms with Crippen LogP contribution in [0.2, 0.25) is 0 Å². The second-order valence-corrected chi connectivity index (χ2v) is 4.18. The first-order chi connectivity index (χ1) is 8.10. The molecule has 1 saturated carbocycles. The van der Waals surface area contributed by atoms with Crippen LogP contribution in [0.4, 0.5) is 4.79 Å². The lowest BCUT2D eigenvalue weighted by Gasteiger charge is -2.29. The van der Waals surface area contributed by atoms with Gasteiger partial charge in [0.25, 0.3) is 0 Å². The van der Waals surface area contributed by atoms with Crippen LogP contribution in [0, 0.1) is 16.7 Å². The Labute approximate surface area is 100 Å². The number of nitrogens with one attached hydrogen (secondary N) is 1. The summed E-state index contributed by atoms with van der Waals surface area (Å²) >= 11 is 0. The van der Waals surface area contributed by atoms with E-state index < -0.39 is 11.5 Å². The van der Waals surface area contributed by atoms with Crippen molar-refractivity contribution in [1.29, 1.82) is 5.26 Å². The van der Waals surface area contributed by atoms with E-state index in [1.54, 1.807) is 0 Å². The minimum Gasteiger partial charge on any atom is -0.448 e. The van der Waals surface area contributed by atoms with Crippen LogP contribution in [0.3, 0.4) is 0 Å². The fourth-order valence-corrected chi connectivity index (χ4v) is 2.03. The van der Waals surface area contributed by atoms with Crippen molar-refractivity contribution in [3.05, 3.63) is 0 Å². The van der Waals surface area contributed by atoms with E-state index in [1.807, 2.05) is 0 Å². The third kappa shape index (κ3) is 3.63. The largest absolute Gasteiger partial charge is 0.448 e. The lowest BCUT2D eigenvalue weighted by atomic mass is 9.74. The molecule has 3 N–H and O–H groups in total. The Morgan fingerprint density at radius 3 is 2.53 bits per heavy atom. The summed E-state index contributed by atoms with van der Waals surface area (Å²) in [6.45, 7) is 0.216. The molecule has 0 aliphatic heterocycles. The minimum atomic E-state index is -0.898. The van der Waals surface area contributed by atoms with E-state index in [2.05, 4.69) is 16.1 Å². The van der Waals surface area contributed by atoms with E-state index in [9.17, 15) is 9.59 Å². The van der Waals surface area contributed by atoms with E-state index in [0.717, 1.165) is 19.3 Å². The zero-order valence-electron chi connectivity index (χ0n) is 9.70. The zero-order chi connectivity index (χ0) is 12.7. The van der Waals surface area contributed by atoms with Gasteiger partial charge in [0, 0.05) is 0 Å². The Hall–Kier alpha value is -1.77. The Balaban J connectivity index is 2.39. The Morgan fingerprint density at radius 1 is 1.35 bits per heavy atom.